The van der Waals surface area contributed by atoms with E-state index in [4.69, 9.17) is 0 Å². The molecule has 118 valence electrons. The summed E-state index contributed by atoms with van der Waals surface area (Å²) in [5, 5.41) is 8.47. The molecule has 2 atom stereocenters. The Labute approximate surface area is 134 Å². The zero-order valence-corrected chi connectivity index (χ0v) is 16.1. The standard InChI is InChI=1S/C16H29N3P2/c1-5-16(20,21)11-15-12-19(18-17-15)10-9-14(4)8-6-7-13(2)3/h7,9,12H,5-6,8,10-11,20-21H2,1-4H3/b14-9+. The number of hydrogen-bond acceptors (Lipinski definition) is 2. The summed E-state index contributed by atoms with van der Waals surface area (Å²) in [5.74, 6) is 0. The molecule has 2 unspecified atom stereocenters. The highest BCUT2D eigenvalue weighted by atomic mass is 31.1. The summed E-state index contributed by atoms with van der Waals surface area (Å²) in [6, 6.07) is 0. The van der Waals surface area contributed by atoms with Crippen LogP contribution < -0.4 is 0 Å². The van der Waals surface area contributed by atoms with Crippen LogP contribution in [0.15, 0.2) is 29.5 Å². The molecule has 0 bridgehead atoms. The van der Waals surface area contributed by atoms with Crippen molar-refractivity contribution in [2.24, 2.45) is 0 Å². The summed E-state index contributed by atoms with van der Waals surface area (Å²) >= 11 is 0. The summed E-state index contributed by atoms with van der Waals surface area (Å²) in [4.78, 5) is 0.136. The first-order chi connectivity index (χ1) is 9.82. The minimum Gasteiger partial charge on any atom is -0.248 e. The third-order valence-corrected chi connectivity index (χ3v) is 4.70. The number of hydrogen-bond donors (Lipinski definition) is 0. The molecular formula is C16H29N3P2. The van der Waals surface area contributed by atoms with Gasteiger partial charge in [0, 0.05) is 17.5 Å². The van der Waals surface area contributed by atoms with Gasteiger partial charge in [0.15, 0.2) is 0 Å². The van der Waals surface area contributed by atoms with Crippen molar-refractivity contribution in [3.63, 3.8) is 0 Å². The highest BCUT2D eigenvalue weighted by Crippen LogP contribution is 2.33. The highest BCUT2D eigenvalue weighted by Gasteiger charge is 2.18. The van der Waals surface area contributed by atoms with Crippen LogP contribution in [0.25, 0.3) is 0 Å². The van der Waals surface area contributed by atoms with Crippen molar-refractivity contribution >= 4 is 18.5 Å². The van der Waals surface area contributed by atoms with Gasteiger partial charge in [0.05, 0.1) is 12.2 Å². The minimum atomic E-state index is 0.136. The van der Waals surface area contributed by atoms with E-state index in [0.717, 1.165) is 37.9 Å². The van der Waals surface area contributed by atoms with Crippen LogP contribution in [0.2, 0.25) is 0 Å². The summed E-state index contributed by atoms with van der Waals surface area (Å²) in [7, 11) is 5.78. The molecule has 1 aromatic rings. The zero-order valence-electron chi connectivity index (χ0n) is 13.8. The van der Waals surface area contributed by atoms with Crippen LogP contribution in [0.3, 0.4) is 0 Å². The monoisotopic (exact) mass is 325 g/mol. The third-order valence-electron chi connectivity index (χ3n) is 3.47. The molecule has 0 saturated heterocycles. The molecule has 0 amide bonds. The van der Waals surface area contributed by atoms with Gasteiger partial charge >= 0.3 is 0 Å². The predicted molar refractivity (Wildman–Crippen MR) is 98.6 cm³/mol. The average molecular weight is 325 g/mol. The van der Waals surface area contributed by atoms with E-state index >= 15 is 0 Å². The lowest BCUT2D eigenvalue weighted by atomic mass is 10.1. The highest BCUT2D eigenvalue weighted by molar-refractivity contribution is 7.39. The summed E-state index contributed by atoms with van der Waals surface area (Å²) in [6.07, 6.45) is 10.8. The van der Waals surface area contributed by atoms with Crippen LogP contribution in [-0.2, 0) is 13.0 Å². The zero-order chi connectivity index (χ0) is 15.9. The first-order valence-electron chi connectivity index (χ1n) is 7.58. The fourth-order valence-corrected chi connectivity index (χ4v) is 2.33. The van der Waals surface area contributed by atoms with Gasteiger partial charge in [-0.25, -0.2) is 4.68 Å². The van der Waals surface area contributed by atoms with Gasteiger partial charge in [-0.1, -0.05) is 35.4 Å². The van der Waals surface area contributed by atoms with Gasteiger partial charge in [-0.3, -0.25) is 0 Å². The first-order valence-corrected chi connectivity index (χ1v) is 8.73. The quantitative estimate of drug-likeness (QED) is 0.525. The molecule has 0 N–H and O–H groups in total. The number of aromatic nitrogens is 3. The smallest absolute Gasteiger partial charge is 0.0839 e. The molecule has 5 heteroatoms. The van der Waals surface area contributed by atoms with Crippen LogP contribution in [-0.4, -0.2) is 19.9 Å². The van der Waals surface area contributed by atoms with Crippen molar-refractivity contribution in [3.05, 3.63) is 35.2 Å². The van der Waals surface area contributed by atoms with Gasteiger partial charge in [-0.05, 0) is 40.0 Å². The number of rotatable bonds is 8. The minimum absolute atomic E-state index is 0.136. The fourth-order valence-electron chi connectivity index (χ4n) is 1.91. The van der Waals surface area contributed by atoms with E-state index in [1.165, 1.54) is 11.1 Å². The van der Waals surface area contributed by atoms with Crippen molar-refractivity contribution in [1.29, 1.82) is 0 Å². The molecule has 1 rings (SSSR count). The second-order valence-electron chi connectivity index (χ2n) is 6.07. The lowest BCUT2D eigenvalue weighted by Crippen LogP contribution is -2.13. The van der Waals surface area contributed by atoms with Crippen molar-refractivity contribution in [1.82, 2.24) is 15.0 Å². The molecule has 0 aliphatic carbocycles. The Bertz CT molecular complexity index is 497. The molecule has 0 radical (unpaired) electrons. The molecule has 21 heavy (non-hydrogen) atoms. The van der Waals surface area contributed by atoms with Crippen LogP contribution in [0.1, 0.15) is 52.7 Å². The van der Waals surface area contributed by atoms with Gasteiger partial charge in [-0.15, -0.1) is 23.6 Å². The van der Waals surface area contributed by atoms with E-state index in [1.807, 2.05) is 4.68 Å². The van der Waals surface area contributed by atoms with Gasteiger partial charge in [-0.2, -0.15) is 0 Å². The summed E-state index contributed by atoms with van der Waals surface area (Å²) < 4.78 is 1.92. The van der Waals surface area contributed by atoms with Crippen LogP contribution in [0.4, 0.5) is 0 Å². The Morgan fingerprint density at radius 3 is 2.62 bits per heavy atom. The molecule has 0 spiro atoms. The van der Waals surface area contributed by atoms with Crippen molar-refractivity contribution in [3.8, 4) is 0 Å². The third kappa shape index (κ3) is 7.88. The molecular weight excluding hydrogens is 296 g/mol. The van der Waals surface area contributed by atoms with Crippen LogP contribution in [0.5, 0.6) is 0 Å². The van der Waals surface area contributed by atoms with E-state index < -0.39 is 0 Å². The van der Waals surface area contributed by atoms with Gasteiger partial charge in [0.25, 0.3) is 0 Å². The Kier molecular flexibility index (Phi) is 7.77. The molecule has 1 aromatic heterocycles. The number of nitrogens with zero attached hydrogens (tertiary/aromatic N) is 3. The SMILES string of the molecule is CCC(P)(P)Cc1cn(C/C=C(\C)CCC=C(C)C)nn1. The fraction of sp³-hybridized carbons (Fsp3) is 0.625. The van der Waals surface area contributed by atoms with E-state index in [2.05, 4.69) is 74.8 Å². The average Bonchev–Trinajstić information content (AvgIpc) is 2.83. The summed E-state index contributed by atoms with van der Waals surface area (Å²) in [6.45, 7) is 9.46. The Balaban J connectivity index is 2.49. The second-order valence-corrected chi connectivity index (χ2v) is 9.03. The number of allylic oxidation sites excluding steroid dienone is 4. The largest absolute Gasteiger partial charge is 0.248 e. The first kappa shape index (κ1) is 18.5. The second kappa shape index (κ2) is 8.81. The van der Waals surface area contributed by atoms with Gasteiger partial charge in [0.1, 0.15) is 0 Å². The van der Waals surface area contributed by atoms with E-state index in [0.29, 0.717) is 0 Å². The molecule has 0 aromatic carbocycles. The van der Waals surface area contributed by atoms with Crippen LogP contribution >= 0.6 is 18.5 Å². The lowest BCUT2D eigenvalue weighted by Gasteiger charge is -2.19. The molecule has 0 fully saturated rings. The predicted octanol–water partition coefficient (Wildman–Crippen LogP) is 4.37. The molecule has 0 aliphatic rings. The molecule has 0 aliphatic heterocycles. The maximum Gasteiger partial charge on any atom is 0.0839 e. The van der Waals surface area contributed by atoms with Crippen molar-refractivity contribution in [2.45, 2.75) is 64.8 Å². The molecule has 0 saturated carbocycles. The van der Waals surface area contributed by atoms with Crippen LogP contribution in [0, 0.1) is 0 Å². The Morgan fingerprint density at radius 2 is 2.00 bits per heavy atom. The van der Waals surface area contributed by atoms with E-state index in [9.17, 15) is 0 Å². The van der Waals surface area contributed by atoms with Gasteiger partial charge in [0.2, 0.25) is 0 Å². The van der Waals surface area contributed by atoms with Crippen molar-refractivity contribution in [2.75, 3.05) is 0 Å². The Morgan fingerprint density at radius 1 is 1.29 bits per heavy atom. The lowest BCUT2D eigenvalue weighted by molar-refractivity contribution is 0.656. The maximum atomic E-state index is 4.26. The topological polar surface area (TPSA) is 30.7 Å². The maximum absolute atomic E-state index is 4.26. The van der Waals surface area contributed by atoms with Gasteiger partial charge < -0.3 is 0 Å². The normalized spacial score (nSPS) is 12.6. The molecule has 1 heterocycles. The summed E-state index contributed by atoms with van der Waals surface area (Å²) in [5.41, 5.74) is 3.85. The van der Waals surface area contributed by atoms with E-state index in [1.54, 1.807) is 0 Å². The van der Waals surface area contributed by atoms with Crippen molar-refractivity contribution < 1.29 is 0 Å². The van der Waals surface area contributed by atoms with E-state index in [-0.39, 0.29) is 4.90 Å². The molecule has 3 nitrogen and oxygen atoms in total. The Hall–Kier alpha value is -0.520.